The molecular weight excluding hydrogens is 388 g/mol. The predicted octanol–water partition coefficient (Wildman–Crippen LogP) is 4.37. The number of ketones is 1. The molecule has 1 saturated heterocycles. The van der Waals surface area contributed by atoms with Gasteiger partial charge in [0.25, 0.3) is 0 Å². The first kappa shape index (κ1) is 17.9. The molecule has 2 aliphatic rings. The van der Waals surface area contributed by atoms with Crippen molar-refractivity contribution in [2.45, 2.75) is 44.6 Å². The number of aromatic nitrogens is 1. The Bertz CT molecular complexity index is 835. The molecule has 1 aliphatic heterocycles. The molecule has 4 rings (SSSR count). The molecule has 0 spiro atoms. The normalized spacial score (nSPS) is 25.9. The summed E-state index contributed by atoms with van der Waals surface area (Å²) in [5.74, 6) is 1.02. The summed E-state index contributed by atoms with van der Waals surface area (Å²) in [6, 6.07) is 11.1. The minimum atomic E-state index is 0.0306. The minimum Gasteiger partial charge on any atom is -0.298 e. The molecule has 1 fully saturated rings. The molecular formula is C22H25BrN2O. The molecule has 2 heterocycles. The number of nitrogens with zero attached hydrogens (tertiary/aromatic N) is 2. The van der Waals surface area contributed by atoms with Crippen LogP contribution >= 0.6 is 15.9 Å². The molecule has 0 radical (unpaired) electrons. The van der Waals surface area contributed by atoms with Gasteiger partial charge in [-0.1, -0.05) is 24.3 Å². The predicted molar refractivity (Wildman–Crippen MR) is 107 cm³/mol. The van der Waals surface area contributed by atoms with Crippen molar-refractivity contribution in [3.8, 4) is 0 Å². The van der Waals surface area contributed by atoms with E-state index < -0.39 is 0 Å². The maximum absolute atomic E-state index is 12.2. The van der Waals surface area contributed by atoms with Gasteiger partial charge in [0.1, 0.15) is 5.78 Å². The number of carbonyl (C=O) groups is 1. The first-order chi connectivity index (χ1) is 12.5. The van der Waals surface area contributed by atoms with Crippen molar-refractivity contribution in [3.05, 3.63) is 63.4 Å². The molecule has 3 nitrogen and oxygen atoms in total. The second-order valence-electron chi connectivity index (χ2n) is 7.77. The van der Waals surface area contributed by atoms with E-state index in [-0.39, 0.29) is 17.7 Å². The van der Waals surface area contributed by atoms with E-state index in [0.29, 0.717) is 5.92 Å². The molecule has 136 valence electrons. The summed E-state index contributed by atoms with van der Waals surface area (Å²) in [6.45, 7) is 2.70. The van der Waals surface area contributed by atoms with E-state index in [1.165, 1.54) is 22.4 Å². The van der Waals surface area contributed by atoms with Crippen molar-refractivity contribution < 1.29 is 4.79 Å². The number of rotatable bonds is 2. The number of hydrogen-bond acceptors (Lipinski definition) is 3. The summed E-state index contributed by atoms with van der Waals surface area (Å²) in [7, 11) is 2.08. The standard InChI is InChI=1S/C22H25BrN2O/c1-14(26)20-12-16(9-10-25(20)2)21-19-6-4-3-5-15(19)7-8-17-11-18(23)13-24-22(17)21/h3-6,11,13,16,20-21H,7-10,12H2,1-2H3/t16?,20-,21-/m1/s1. The molecule has 1 unspecified atom stereocenters. The van der Waals surface area contributed by atoms with Crippen LogP contribution in [0, 0.1) is 5.92 Å². The lowest BCUT2D eigenvalue weighted by atomic mass is 9.74. The SMILES string of the molecule is CC(=O)[C@H]1CC([C@@H]2c3ccccc3CCc3cc(Br)cnc32)CCN1C. The maximum atomic E-state index is 12.2. The molecule has 0 amide bonds. The zero-order valence-electron chi connectivity index (χ0n) is 15.4. The Labute approximate surface area is 163 Å². The van der Waals surface area contributed by atoms with Gasteiger partial charge in [0.05, 0.1) is 11.7 Å². The first-order valence-electron chi connectivity index (χ1n) is 9.47. The fourth-order valence-electron chi connectivity index (χ4n) is 4.82. The molecule has 1 aliphatic carbocycles. The summed E-state index contributed by atoms with van der Waals surface area (Å²) in [4.78, 5) is 19.3. The number of likely N-dealkylation sites (N-methyl/N-ethyl adjacent to an activating group) is 1. The van der Waals surface area contributed by atoms with E-state index in [9.17, 15) is 4.79 Å². The zero-order valence-corrected chi connectivity index (χ0v) is 17.0. The molecule has 0 N–H and O–H groups in total. The highest BCUT2D eigenvalue weighted by Gasteiger charge is 2.37. The van der Waals surface area contributed by atoms with Gasteiger partial charge in [-0.25, -0.2) is 0 Å². The van der Waals surface area contributed by atoms with Crippen molar-refractivity contribution in [1.29, 1.82) is 0 Å². The van der Waals surface area contributed by atoms with E-state index in [4.69, 9.17) is 4.98 Å². The lowest BCUT2D eigenvalue weighted by Gasteiger charge is -2.39. The highest BCUT2D eigenvalue weighted by molar-refractivity contribution is 9.10. The number of pyridine rings is 1. The second kappa shape index (κ2) is 7.24. The summed E-state index contributed by atoms with van der Waals surface area (Å²) in [5, 5.41) is 0. The number of carbonyl (C=O) groups excluding carboxylic acids is 1. The van der Waals surface area contributed by atoms with Crippen LogP contribution in [-0.2, 0) is 17.6 Å². The number of hydrogen-bond donors (Lipinski definition) is 0. The van der Waals surface area contributed by atoms with Crippen LogP contribution in [0.25, 0.3) is 0 Å². The Morgan fingerprint density at radius 3 is 2.81 bits per heavy atom. The quantitative estimate of drug-likeness (QED) is 0.733. The summed E-state index contributed by atoms with van der Waals surface area (Å²) in [6.07, 6.45) is 6.04. The number of fused-ring (bicyclic) bond motifs is 2. The van der Waals surface area contributed by atoms with E-state index in [1.807, 2.05) is 6.20 Å². The Kier molecular flexibility index (Phi) is 4.98. The lowest BCUT2D eigenvalue weighted by molar-refractivity contribution is -0.123. The monoisotopic (exact) mass is 412 g/mol. The largest absolute Gasteiger partial charge is 0.298 e. The number of likely N-dealkylation sites (tertiary alicyclic amines) is 1. The first-order valence-corrected chi connectivity index (χ1v) is 10.3. The average molecular weight is 413 g/mol. The Morgan fingerprint density at radius 2 is 2.00 bits per heavy atom. The van der Waals surface area contributed by atoms with Crippen molar-refractivity contribution in [2.75, 3.05) is 13.6 Å². The van der Waals surface area contributed by atoms with Crippen LogP contribution in [-0.4, -0.2) is 35.3 Å². The third kappa shape index (κ3) is 3.25. The molecule has 0 saturated carbocycles. The fraction of sp³-hybridized carbons (Fsp3) is 0.455. The van der Waals surface area contributed by atoms with Gasteiger partial charge in [-0.3, -0.25) is 14.7 Å². The summed E-state index contributed by atoms with van der Waals surface area (Å²) in [5.41, 5.74) is 5.41. The Balaban J connectivity index is 1.80. The number of aryl methyl sites for hydroxylation is 2. The van der Waals surface area contributed by atoms with Crippen LogP contribution in [0.3, 0.4) is 0 Å². The van der Waals surface area contributed by atoms with Crippen LogP contribution in [0.15, 0.2) is 41.0 Å². The van der Waals surface area contributed by atoms with Gasteiger partial charge in [0.2, 0.25) is 0 Å². The average Bonchev–Trinajstić information content (AvgIpc) is 2.79. The molecule has 1 aromatic carbocycles. The molecule has 1 aromatic heterocycles. The Morgan fingerprint density at radius 1 is 1.23 bits per heavy atom. The van der Waals surface area contributed by atoms with Crippen molar-refractivity contribution >= 4 is 21.7 Å². The molecule has 26 heavy (non-hydrogen) atoms. The number of benzene rings is 1. The number of halogens is 1. The maximum Gasteiger partial charge on any atom is 0.146 e. The second-order valence-corrected chi connectivity index (χ2v) is 8.68. The van der Waals surface area contributed by atoms with Gasteiger partial charge in [0, 0.05) is 16.6 Å². The van der Waals surface area contributed by atoms with E-state index in [1.54, 1.807) is 6.92 Å². The number of piperidine rings is 1. The van der Waals surface area contributed by atoms with Crippen molar-refractivity contribution in [3.63, 3.8) is 0 Å². The smallest absolute Gasteiger partial charge is 0.146 e. The minimum absolute atomic E-state index is 0.0306. The Hall–Kier alpha value is -1.52. The highest BCUT2D eigenvalue weighted by atomic mass is 79.9. The topological polar surface area (TPSA) is 33.2 Å². The summed E-state index contributed by atoms with van der Waals surface area (Å²) >= 11 is 3.59. The highest BCUT2D eigenvalue weighted by Crippen LogP contribution is 2.43. The van der Waals surface area contributed by atoms with Crippen LogP contribution in [0.4, 0.5) is 0 Å². The van der Waals surface area contributed by atoms with Crippen LogP contribution < -0.4 is 0 Å². The van der Waals surface area contributed by atoms with Gasteiger partial charge in [-0.2, -0.15) is 0 Å². The van der Waals surface area contributed by atoms with Crippen LogP contribution in [0.5, 0.6) is 0 Å². The molecule has 0 bridgehead atoms. The van der Waals surface area contributed by atoms with Crippen LogP contribution in [0.2, 0.25) is 0 Å². The lowest BCUT2D eigenvalue weighted by Crippen LogP contribution is -2.45. The third-order valence-electron chi connectivity index (χ3n) is 6.17. The molecule has 2 aromatic rings. The molecule has 4 heteroatoms. The summed E-state index contributed by atoms with van der Waals surface area (Å²) < 4.78 is 1.05. The van der Waals surface area contributed by atoms with Crippen molar-refractivity contribution in [1.82, 2.24) is 9.88 Å². The van der Waals surface area contributed by atoms with Crippen LogP contribution in [0.1, 0.15) is 48.1 Å². The van der Waals surface area contributed by atoms with E-state index >= 15 is 0 Å². The van der Waals surface area contributed by atoms with Crippen molar-refractivity contribution in [2.24, 2.45) is 5.92 Å². The van der Waals surface area contributed by atoms with Gasteiger partial charge < -0.3 is 0 Å². The van der Waals surface area contributed by atoms with Gasteiger partial charge in [0.15, 0.2) is 0 Å². The van der Waals surface area contributed by atoms with Gasteiger partial charge in [-0.15, -0.1) is 0 Å². The third-order valence-corrected chi connectivity index (χ3v) is 6.60. The fourth-order valence-corrected chi connectivity index (χ4v) is 5.20. The van der Waals surface area contributed by atoms with Gasteiger partial charge >= 0.3 is 0 Å². The van der Waals surface area contributed by atoms with E-state index in [2.05, 4.69) is 58.2 Å². The van der Waals surface area contributed by atoms with Gasteiger partial charge in [-0.05, 0) is 90.8 Å². The van der Waals surface area contributed by atoms with E-state index in [0.717, 1.165) is 36.7 Å². The zero-order chi connectivity index (χ0) is 18.3. The number of Topliss-reactive ketones (excluding diaryl/α,β-unsaturated/α-hetero) is 1. The molecule has 3 atom stereocenters.